The van der Waals surface area contributed by atoms with Gasteiger partial charge in [-0.1, -0.05) is 54.6 Å². The van der Waals surface area contributed by atoms with Crippen molar-refractivity contribution in [1.29, 1.82) is 0 Å². The molecule has 1 nitrogen and oxygen atoms in total. The molecular formula is C16H17O. The van der Waals surface area contributed by atoms with Crippen molar-refractivity contribution >= 4 is 0 Å². The maximum atomic E-state index is 5.63. The molecule has 1 radical (unpaired) electrons. The third kappa shape index (κ3) is 4.41. The molecular weight excluding hydrogens is 208 g/mol. The number of rotatable bonds is 6. The Hall–Kier alpha value is -1.60. The maximum Gasteiger partial charge on any atom is 0.0716 e. The Labute approximate surface area is 103 Å². The Morgan fingerprint density at radius 1 is 0.882 bits per heavy atom. The molecule has 0 saturated heterocycles. The fourth-order valence-electron chi connectivity index (χ4n) is 1.73. The molecule has 0 fully saturated rings. The lowest BCUT2D eigenvalue weighted by Gasteiger charge is -2.04. The number of hydrogen-bond acceptors (Lipinski definition) is 1. The number of aryl methyl sites for hydroxylation is 1. The molecule has 0 N–H and O–H groups in total. The standard InChI is InChI=1S/C16H17O/c1-3-8-15(9-4-1)12-7-13-17-14-16-10-5-2-6-11-16/h1,3-6,8-11H,7,12-14H2. The van der Waals surface area contributed by atoms with Gasteiger partial charge in [0.15, 0.2) is 0 Å². The first kappa shape index (κ1) is 11.9. The number of ether oxygens (including phenoxy) is 1. The van der Waals surface area contributed by atoms with Gasteiger partial charge in [0, 0.05) is 6.61 Å². The second kappa shape index (κ2) is 6.87. The summed E-state index contributed by atoms with van der Waals surface area (Å²) in [7, 11) is 0. The van der Waals surface area contributed by atoms with Crippen molar-refractivity contribution in [2.24, 2.45) is 0 Å². The van der Waals surface area contributed by atoms with E-state index < -0.39 is 0 Å². The molecule has 1 heteroatoms. The molecule has 0 bridgehead atoms. The minimum atomic E-state index is 0.698. The quantitative estimate of drug-likeness (QED) is 0.682. The van der Waals surface area contributed by atoms with Gasteiger partial charge in [-0.05, 0) is 30.0 Å². The van der Waals surface area contributed by atoms with E-state index in [9.17, 15) is 0 Å². The van der Waals surface area contributed by atoms with Gasteiger partial charge in [0.2, 0.25) is 0 Å². The second-order valence-corrected chi connectivity index (χ2v) is 4.05. The molecule has 87 valence electrons. The topological polar surface area (TPSA) is 9.23 Å². The average Bonchev–Trinajstić information content (AvgIpc) is 2.41. The van der Waals surface area contributed by atoms with Crippen LogP contribution in [0.1, 0.15) is 17.5 Å². The molecule has 0 aliphatic carbocycles. The second-order valence-electron chi connectivity index (χ2n) is 4.05. The Morgan fingerprint density at radius 3 is 2.41 bits per heavy atom. The summed E-state index contributed by atoms with van der Waals surface area (Å²) in [5.41, 5.74) is 2.59. The summed E-state index contributed by atoms with van der Waals surface area (Å²) < 4.78 is 5.63. The van der Waals surface area contributed by atoms with E-state index in [0.29, 0.717) is 6.61 Å². The van der Waals surface area contributed by atoms with Gasteiger partial charge in [-0.2, -0.15) is 0 Å². The summed E-state index contributed by atoms with van der Waals surface area (Å²) in [6, 6.07) is 21.4. The third-order valence-electron chi connectivity index (χ3n) is 2.65. The van der Waals surface area contributed by atoms with Crippen LogP contribution < -0.4 is 0 Å². The van der Waals surface area contributed by atoms with Crippen molar-refractivity contribution in [2.75, 3.05) is 6.61 Å². The van der Waals surface area contributed by atoms with Crippen molar-refractivity contribution in [3.63, 3.8) is 0 Å². The van der Waals surface area contributed by atoms with E-state index in [4.69, 9.17) is 4.74 Å². The van der Waals surface area contributed by atoms with E-state index in [-0.39, 0.29) is 0 Å². The van der Waals surface area contributed by atoms with Crippen molar-refractivity contribution in [3.05, 3.63) is 71.8 Å². The molecule has 2 aromatic carbocycles. The molecule has 0 unspecified atom stereocenters. The minimum absolute atomic E-state index is 0.698. The fourth-order valence-corrected chi connectivity index (χ4v) is 1.73. The lowest BCUT2D eigenvalue weighted by molar-refractivity contribution is 0.118. The first-order chi connectivity index (χ1) is 8.45. The number of benzene rings is 2. The van der Waals surface area contributed by atoms with Crippen molar-refractivity contribution in [2.45, 2.75) is 19.4 Å². The predicted octanol–water partition coefficient (Wildman–Crippen LogP) is 3.64. The molecule has 0 aromatic heterocycles. The summed E-state index contributed by atoms with van der Waals surface area (Å²) in [6.07, 6.45) is 2.16. The highest BCUT2D eigenvalue weighted by Gasteiger charge is 1.94. The molecule has 0 amide bonds. The van der Waals surface area contributed by atoms with Gasteiger partial charge in [0.25, 0.3) is 0 Å². The van der Waals surface area contributed by atoms with E-state index in [1.165, 1.54) is 11.1 Å². The Balaban J connectivity index is 1.61. The van der Waals surface area contributed by atoms with Gasteiger partial charge in [-0.25, -0.2) is 0 Å². The lowest BCUT2D eigenvalue weighted by atomic mass is 10.1. The van der Waals surface area contributed by atoms with E-state index in [1.807, 2.05) is 30.3 Å². The molecule has 2 rings (SSSR count). The van der Waals surface area contributed by atoms with Crippen molar-refractivity contribution in [1.82, 2.24) is 0 Å². The SMILES string of the molecule is [c]1ccc(COCCCc2ccccc2)cc1. The maximum absolute atomic E-state index is 5.63. The van der Waals surface area contributed by atoms with Crippen LogP contribution in [-0.2, 0) is 17.8 Å². The Morgan fingerprint density at radius 2 is 1.65 bits per heavy atom. The van der Waals surface area contributed by atoms with Crippen LogP contribution in [0.25, 0.3) is 0 Å². The molecule has 0 aliphatic heterocycles. The molecule has 0 aliphatic rings. The van der Waals surface area contributed by atoms with E-state index >= 15 is 0 Å². The van der Waals surface area contributed by atoms with Crippen LogP contribution in [0.5, 0.6) is 0 Å². The van der Waals surface area contributed by atoms with Crippen LogP contribution in [0.3, 0.4) is 0 Å². The highest BCUT2D eigenvalue weighted by molar-refractivity contribution is 5.14. The molecule has 17 heavy (non-hydrogen) atoms. The molecule has 0 atom stereocenters. The fraction of sp³-hybridized carbons (Fsp3) is 0.250. The molecule has 2 aromatic rings. The average molecular weight is 225 g/mol. The first-order valence-corrected chi connectivity index (χ1v) is 6.02. The highest BCUT2D eigenvalue weighted by atomic mass is 16.5. The van der Waals surface area contributed by atoms with Crippen LogP contribution in [0, 0.1) is 6.07 Å². The summed E-state index contributed by atoms with van der Waals surface area (Å²) >= 11 is 0. The molecule has 0 saturated carbocycles. The normalized spacial score (nSPS) is 10.4. The highest BCUT2D eigenvalue weighted by Crippen LogP contribution is 2.04. The van der Waals surface area contributed by atoms with Gasteiger partial charge >= 0.3 is 0 Å². The van der Waals surface area contributed by atoms with Gasteiger partial charge in [0.1, 0.15) is 0 Å². The van der Waals surface area contributed by atoms with Gasteiger partial charge in [-0.15, -0.1) is 0 Å². The van der Waals surface area contributed by atoms with Crippen LogP contribution >= 0.6 is 0 Å². The van der Waals surface area contributed by atoms with E-state index in [0.717, 1.165) is 19.4 Å². The van der Waals surface area contributed by atoms with Crippen LogP contribution in [0.4, 0.5) is 0 Å². The predicted molar refractivity (Wildman–Crippen MR) is 69.7 cm³/mol. The van der Waals surface area contributed by atoms with E-state index in [1.54, 1.807) is 0 Å². The lowest BCUT2D eigenvalue weighted by Crippen LogP contribution is -1.97. The van der Waals surface area contributed by atoms with Crippen LogP contribution in [0.15, 0.2) is 54.6 Å². The van der Waals surface area contributed by atoms with Gasteiger partial charge in [-0.3, -0.25) is 0 Å². The van der Waals surface area contributed by atoms with E-state index in [2.05, 4.69) is 30.3 Å². The number of hydrogen-bond donors (Lipinski definition) is 0. The molecule has 0 spiro atoms. The summed E-state index contributed by atoms with van der Waals surface area (Å²) in [5.74, 6) is 0. The largest absolute Gasteiger partial charge is 0.377 e. The monoisotopic (exact) mass is 225 g/mol. The van der Waals surface area contributed by atoms with Gasteiger partial charge < -0.3 is 4.74 Å². The smallest absolute Gasteiger partial charge is 0.0716 e. The molecule has 0 heterocycles. The van der Waals surface area contributed by atoms with Crippen molar-refractivity contribution in [3.8, 4) is 0 Å². The summed E-state index contributed by atoms with van der Waals surface area (Å²) in [4.78, 5) is 0. The van der Waals surface area contributed by atoms with Crippen LogP contribution in [-0.4, -0.2) is 6.61 Å². The third-order valence-corrected chi connectivity index (χ3v) is 2.65. The van der Waals surface area contributed by atoms with Crippen LogP contribution in [0.2, 0.25) is 0 Å². The minimum Gasteiger partial charge on any atom is -0.377 e. The summed E-state index contributed by atoms with van der Waals surface area (Å²) in [6.45, 7) is 1.51. The Kier molecular flexibility index (Phi) is 4.80. The van der Waals surface area contributed by atoms with Crippen molar-refractivity contribution < 1.29 is 4.74 Å². The summed E-state index contributed by atoms with van der Waals surface area (Å²) in [5, 5.41) is 0. The zero-order valence-corrected chi connectivity index (χ0v) is 9.93. The zero-order chi connectivity index (χ0) is 11.8. The zero-order valence-electron chi connectivity index (χ0n) is 9.93. The first-order valence-electron chi connectivity index (χ1n) is 6.02. The van der Waals surface area contributed by atoms with Gasteiger partial charge in [0.05, 0.1) is 6.61 Å². The Bertz CT molecular complexity index is 367.